The van der Waals surface area contributed by atoms with E-state index in [-0.39, 0.29) is 23.6 Å². The summed E-state index contributed by atoms with van der Waals surface area (Å²) < 4.78 is 0. The van der Waals surface area contributed by atoms with Crippen molar-refractivity contribution in [3.05, 3.63) is 102 Å². The van der Waals surface area contributed by atoms with E-state index < -0.39 is 0 Å². The van der Waals surface area contributed by atoms with Crippen molar-refractivity contribution in [2.45, 2.75) is 32.7 Å². The van der Waals surface area contributed by atoms with Crippen LogP contribution in [-0.4, -0.2) is 88.6 Å². The third-order valence-corrected chi connectivity index (χ3v) is 8.92. The van der Waals surface area contributed by atoms with Crippen LogP contribution in [0.15, 0.2) is 91.0 Å². The van der Waals surface area contributed by atoms with Crippen LogP contribution < -0.4 is 10.6 Å². The first-order chi connectivity index (χ1) is 23.2. The van der Waals surface area contributed by atoms with Crippen molar-refractivity contribution in [1.82, 2.24) is 19.7 Å². The Bertz CT molecular complexity index is 1730. The third kappa shape index (κ3) is 7.78. The van der Waals surface area contributed by atoms with Crippen LogP contribution >= 0.6 is 0 Å². The SMILES string of the molecule is CC(=O)Nc1cccc(-c2cc(C(=O)N3CCN(C4CCN(C(=O)c5ccccc5)CC4)CC3)cc(-c3cccc(NC(C)=O)c3)n2)c1. The van der Waals surface area contributed by atoms with Gasteiger partial charge in [0.2, 0.25) is 11.8 Å². The molecular weight excluding hydrogens is 604 g/mol. The predicted molar refractivity (Wildman–Crippen MR) is 187 cm³/mol. The number of piperidine rings is 1. The van der Waals surface area contributed by atoms with Gasteiger partial charge in [0.25, 0.3) is 11.8 Å². The van der Waals surface area contributed by atoms with Crippen molar-refractivity contribution in [2.24, 2.45) is 0 Å². The molecule has 10 heteroatoms. The molecule has 4 amide bonds. The number of benzene rings is 3. The van der Waals surface area contributed by atoms with Crippen molar-refractivity contribution in [3.8, 4) is 22.5 Å². The molecule has 0 saturated carbocycles. The monoisotopic (exact) mass is 644 g/mol. The second-order valence-electron chi connectivity index (χ2n) is 12.4. The quantitative estimate of drug-likeness (QED) is 0.279. The summed E-state index contributed by atoms with van der Waals surface area (Å²) in [6, 6.07) is 28.2. The van der Waals surface area contributed by atoms with E-state index in [1.807, 2.05) is 101 Å². The van der Waals surface area contributed by atoms with Crippen molar-refractivity contribution in [1.29, 1.82) is 0 Å². The van der Waals surface area contributed by atoms with Crippen LogP contribution in [0.3, 0.4) is 0 Å². The van der Waals surface area contributed by atoms with Crippen LogP contribution in [0.2, 0.25) is 0 Å². The van der Waals surface area contributed by atoms with Gasteiger partial charge in [0.05, 0.1) is 11.4 Å². The molecule has 0 unspecified atom stereocenters. The molecule has 246 valence electrons. The number of nitrogens with one attached hydrogen (secondary N) is 2. The summed E-state index contributed by atoms with van der Waals surface area (Å²) in [5.74, 6) is -0.335. The highest BCUT2D eigenvalue weighted by molar-refractivity contribution is 5.97. The minimum absolute atomic E-state index is 0.0705. The van der Waals surface area contributed by atoms with E-state index in [9.17, 15) is 19.2 Å². The lowest BCUT2D eigenvalue weighted by Gasteiger charge is -2.42. The summed E-state index contributed by atoms with van der Waals surface area (Å²) in [4.78, 5) is 61.6. The number of carbonyl (C=O) groups excluding carboxylic acids is 4. The molecule has 0 atom stereocenters. The van der Waals surface area contributed by atoms with E-state index in [4.69, 9.17) is 4.98 Å². The molecule has 2 aliphatic rings. The van der Waals surface area contributed by atoms with Crippen LogP contribution in [0.25, 0.3) is 22.5 Å². The molecule has 0 bridgehead atoms. The van der Waals surface area contributed by atoms with Crippen molar-refractivity contribution < 1.29 is 19.2 Å². The van der Waals surface area contributed by atoms with Gasteiger partial charge in [-0.3, -0.25) is 24.1 Å². The Labute approximate surface area is 280 Å². The van der Waals surface area contributed by atoms with E-state index >= 15 is 0 Å². The molecule has 2 fully saturated rings. The molecule has 2 saturated heterocycles. The van der Waals surface area contributed by atoms with Gasteiger partial charge in [-0.15, -0.1) is 0 Å². The number of amides is 4. The van der Waals surface area contributed by atoms with Crippen molar-refractivity contribution in [3.63, 3.8) is 0 Å². The standard InChI is InChI=1S/C38H40N6O4/c1-26(45)39-32-12-6-10-29(22-32)35-24-31(25-36(41-35)30-11-7-13-33(23-30)40-27(2)46)38(48)44-20-18-42(19-21-44)34-14-16-43(17-15-34)37(47)28-8-4-3-5-9-28/h3-13,22-25,34H,14-21H2,1-2H3,(H,39,45)(H,40,46). The van der Waals surface area contributed by atoms with Crippen molar-refractivity contribution >= 4 is 35.0 Å². The van der Waals surface area contributed by atoms with Gasteiger partial charge in [0.1, 0.15) is 0 Å². The first kappa shape index (κ1) is 32.6. The maximum absolute atomic E-state index is 14.0. The maximum atomic E-state index is 14.0. The van der Waals surface area contributed by atoms with E-state index in [0.717, 1.165) is 55.7 Å². The average Bonchev–Trinajstić information content (AvgIpc) is 3.11. The van der Waals surface area contributed by atoms with Gasteiger partial charge >= 0.3 is 0 Å². The normalized spacial score (nSPS) is 15.5. The Kier molecular flexibility index (Phi) is 9.91. The second-order valence-corrected chi connectivity index (χ2v) is 12.4. The number of pyridine rings is 1. The molecule has 0 spiro atoms. The van der Waals surface area contributed by atoms with Crippen LogP contribution in [-0.2, 0) is 9.59 Å². The summed E-state index contributed by atoms with van der Waals surface area (Å²) in [7, 11) is 0. The number of hydrogen-bond donors (Lipinski definition) is 2. The molecule has 0 aliphatic carbocycles. The molecule has 0 radical (unpaired) electrons. The lowest BCUT2D eigenvalue weighted by atomic mass is 10.0. The van der Waals surface area contributed by atoms with E-state index in [1.165, 1.54) is 13.8 Å². The van der Waals surface area contributed by atoms with E-state index in [1.54, 1.807) is 0 Å². The van der Waals surface area contributed by atoms with Crippen LogP contribution in [0.5, 0.6) is 0 Å². The van der Waals surface area contributed by atoms with E-state index in [2.05, 4.69) is 15.5 Å². The second kappa shape index (κ2) is 14.6. The number of hydrogen-bond acceptors (Lipinski definition) is 6. The summed E-state index contributed by atoms with van der Waals surface area (Å²) in [6.07, 6.45) is 1.83. The largest absolute Gasteiger partial charge is 0.339 e. The molecule has 2 N–H and O–H groups in total. The first-order valence-corrected chi connectivity index (χ1v) is 16.4. The topological polar surface area (TPSA) is 115 Å². The fourth-order valence-corrected chi connectivity index (χ4v) is 6.54. The zero-order valence-electron chi connectivity index (χ0n) is 27.3. The lowest BCUT2D eigenvalue weighted by molar-refractivity contribution is -0.115. The smallest absolute Gasteiger partial charge is 0.254 e. The number of anilines is 2. The van der Waals surface area contributed by atoms with Gasteiger partial charge in [-0.25, -0.2) is 4.98 Å². The number of carbonyl (C=O) groups is 4. The Balaban J connectivity index is 1.18. The number of aromatic nitrogens is 1. The highest BCUT2D eigenvalue weighted by Crippen LogP contribution is 2.29. The number of rotatable bonds is 7. The molecule has 48 heavy (non-hydrogen) atoms. The summed E-state index contributed by atoms with van der Waals surface area (Å²) >= 11 is 0. The number of piperazine rings is 1. The molecular formula is C38H40N6O4. The van der Waals surface area contributed by atoms with Gasteiger partial charge in [0.15, 0.2) is 0 Å². The van der Waals surface area contributed by atoms with Crippen LogP contribution in [0.1, 0.15) is 47.4 Å². The Morgan fingerprint density at radius 2 is 1.08 bits per heavy atom. The molecule has 6 rings (SSSR count). The first-order valence-electron chi connectivity index (χ1n) is 16.4. The average molecular weight is 645 g/mol. The fraction of sp³-hybridized carbons (Fsp3) is 0.289. The highest BCUT2D eigenvalue weighted by atomic mass is 16.2. The molecule has 10 nitrogen and oxygen atoms in total. The van der Waals surface area contributed by atoms with E-state index in [0.29, 0.717) is 47.5 Å². The summed E-state index contributed by atoms with van der Waals surface area (Å²) in [6.45, 7) is 7.12. The summed E-state index contributed by atoms with van der Waals surface area (Å²) in [5.41, 5.74) is 5.25. The minimum Gasteiger partial charge on any atom is -0.339 e. The third-order valence-electron chi connectivity index (χ3n) is 8.92. The van der Waals surface area contributed by atoms with Gasteiger partial charge in [-0.2, -0.15) is 0 Å². The minimum atomic E-state index is -0.176. The Morgan fingerprint density at radius 3 is 1.60 bits per heavy atom. The zero-order valence-corrected chi connectivity index (χ0v) is 27.3. The van der Waals surface area contributed by atoms with Crippen molar-refractivity contribution in [2.75, 3.05) is 49.9 Å². The zero-order chi connectivity index (χ0) is 33.6. The number of nitrogens with zero attached hydrogens (tertiary/aromatic N) is 4. The Hall–Kier alpha value is -5.35. The lowest BCUT2D eigenvalue weighted by Crippen LogP contribution is -2.54. The van der Waals surface area contributed by atoms with Crippen LogP contribution in [0, 0.1) is 0 Å². The predicted octanol–water partition coefficient (Wildman–Crippen LogP) is 5.40. The fourth-order valence-electron chi connectivity index (χ4n) is 6.54. The molecule has 2 aliphatic heterocycles. The van der Waals surface area contributed by atoms with Gasteiger partial charge in [-0.05, 0) is 61.4 Å². The molecule has 3 heterocycles. The Morgan fingerprint density at radius 1 is 0.583 bits per heavy atom. The van der Waals surface area contributed by atoms with Crippen LogP contribution in [0.4, 0.5) is 11.4 Å². The maximum Gasteiger partial charge on any atom is 0.254 e. The number of likely N-dealkylation sites (tertiary alicyclic amines) is 1. The van der Waals surface area contributed by atoms with Gasteiger partial charge < -0.3 is 20.4 Å². The molecule has 3 aromatic carbocycles. The summed E-state index contributed by atoms with van der Waals surface area (Å²) in [5, 5.41) is 5.63. The highest BCUT2D eigenvalue weighted by Gasteiger charge is 2.31. The van der Waals surface area contributed by atoms with Gasteiger partial charge in [0, 0.05) is 92.8 Å². The molecule has 4 aromatic rings. The molecule has 1 aromatic heterocycles. The van der Waals surface area contributed by atoms with Gasteiger partial charge in [-0.1, -0.05) is 42.5 Å².